The van der Waals surface area contributed by atoms with E-state index in [4.69, 9.17) is 5.73 Å². The summed E-state index contributed by atoms with van der Waals surface area (Å²) in [6, 6.07) is 10.7. The molecule has 1 aromatic carbocycles. The molecule has 3 aromatic rings. The molecule has 0 bridgehead atoms. The third kappa shape index (κ3) is 2.02. The number of guanidine groups is 1. The fraction of sp³-hybridized carbons (Fsp3) is 0.333. The van der Waals surface area contributed by atoms with E-state index in [0.717, 1.165) is 22.5 Å². The number of rotatable bonds is 2. The van der Waals surface area contributed by atoms with E-state index in [1.807, 2.05) is 18.2 Å². The lowest BCUT2D eigenvalue weighted by atomic mass is 10.1. The van der Waals surface area contributed by atoms with Crippen molar-refractivity contribution in [1.29, 1.82) is 0 Å². The molecule has 3 N–H and O–H groups in total. The van der Waals surface area contributed by atoms with Crippen molar-refractivity contribution < 1.29 is 0 Å². The van der Waals surface area contributed by atoms with E-state index in [1.165, 1.54) is 11.4 Å². The molecular formula is C18H22N6. The van der Waals surface area contributed by atoms with Crippen LogP contribution in [0.3, 0.4) is 0 Å². The number of nitrogens with one attached hydrogen (secondary N) is 1. The molecule has 1 aliphatic rings. The van der Waals surface area contributed by atoms with E-state index in [0.29, 0.717) is 12.0 Å². The number of aromatic nitrogens is 3. The number of para-hydroxylation sites is 2. The van der Waals surface area contributed by atoms with Crippen molar-refractivity contribution in [1.82, 2.24) is 14.1 Å². The van der Waals surface area contributed by atoms with Gasteiger partial charge in [-0.3, -0.25) is 9.88 Å². The lowest BCUT2D eigenvalue weighted by molar-refractivity contribution is 0.563. The summed E-state index contributed by atoms with van der Waals surface area (Å²) in [7, 11) is 0. The van der Waals surface area contributed by atoms with E-state index in [9.17, 15) is 0 Å². The third-order valence-electron chi connectivity index (χ3n) is 4.66. The van der Waals surface area contributed by atoms with E-state index >= 15 is 0 Å². The number of hydrogen-bond donors (Lipinski definition) is 2. The van der Waals surface area contributed by atoms with Crippen molar-refractivity contribution >= 4 is 22.9 Å². The number of aliphatic imine (C=N–C) groups is 1. The Morgan fingerprint density at radius 2 is 1.96 bits per heavy atom. The van der Waals surface area contributed by atoms with Crippen molar-refractivity contribution in [2.45, 2.75) is 39.9 Å². The zero-order valence-electron chi connectivity index (χ0n) is 14.4. The molecule has 0 fully saturated rings. The van der Waals surface area contributed by atoms with Crippen molar-refractivity contribution in [3.8, 4) is 0 Å². The SMILES string of the molecule is Cc1cc(C2N=C(N)Nc3nc4ccccc4n32)c(C)n1C(C)C. The normalized spacial score (nSPS) is 17.0. The molecule has 6 heteroatoms. The Balaban J connectivity index is 1.96. The number of imidazole rings is 1. The van der Waals surface area contributed by atoms with Crippen molar-refractivity contribution in [2.75, 3.05) is 5.32 Å². The molecule has 3 heterocycles. The summed E-state index contributed by atoms with van der Waals surface area (Å²) in [4.78, 5) is 9.34. The molecule has 0 spiro atoms. The molecule has 2 aromatic heterocycles. The first-order valence-corrected chi connectivity index (χ1v) is 8.23. The molecule has 1 aliphatic heterocycles. The maximum Gasteiger partial charge on any atom is 0.212 e. The Kier molecular flexibility index (Phi) is 3.16. The Morgan fingerprint density at radius 1 is 1.21 bits per heavy atom. The Bertz CT molecular complexity index is 959. The number of aryl methyl sites for hydroxylation is 1. The molecule has 24 heavy (non-hydrogen) atoms. The summed E-state index contributed by atoms with van der Waals surface area (Å²) in [6.07, 6.45) is -0.202. The van der Waals surface area contributed by atoms with Gasteiger partial charge in [-0.1, -0.05) is 12.1 Å². The molecule has 124 valence electrons. The predicted molar refractivity (Wildman–Crippen MR) is 97.4 cm³/mol. The molecule has 1 unspecified atom stereocenters. The molecule has 0 aliphatic carbocycles. The summed E-state index contributed by atoms with van der Waals surface area (Å²) in [5.74, 6) is 1.14. The summed E-state index contributed by atoms with van der Waals surface area (Å²) in [6.45, 7) is 8.68. The highest BCUT2D eigenvalue weighted by molar-refractivity contribution is 5.94. The monoisotopic (exact) mass is 322 g/mol. The number of anilines is 1. The second-order valence-electron chi connectivity index (χ2n) is 6.60. The van der Waals surface area contributed by atoms with Crippen LogP contribution in [0, 0.1) is 13.8 Å². The Morgan fingerprint density at radius 3 is 2.67 bits per heavy atom. The van der Waals surface area contributed by atoms with Crippen molar-refractivity contribution in [2.24, 2.45) is 10.7 Å². The molecule has 0 saturated heterocycles. The summed E-state index contributed by atoms with van der Waals surface area (Å²) in [5.41, 5.74) is 11.6. The zero-order chi connectivity index (χ0) is 17.0. The van der Waals surface area contributed by atoms with Gasteiger partial charge in [0.15, 0.2) is 12.1 Å². The van der Waals surface area contributed by atoms with Crippen LogP contribution in [-0.2, 0) is 0 Å². The molecule has 1 atom stereocenters. The van der Waals surface area contributed by atoms with E-state index in [-0.39, 0.29) is 6.17 Å². The average molecular weight is 322 g/mol. The first-order valence-electron chi connectivity index (χ1n) is 8.23. The van der Waals surface area contributed by atoms with Crippen LogP contribution < -0.4 is 11.1 Å². The van der Waals surface area contributed by atoms with Crippen LogP contribution in [0.25, 0.3) is 11.0 Å². The molecular weight excluding hydrogens is 300 g/mol. The van der Waals surface area contributed by atoms with Gasteiger partial charge in [-0.15, -0.1) is 0 Å². The van der Waals surface area contributed by atoms with Gasteiger partial charge >= 0.3 is 0 Å². The van der Waals surface area contributed by atoms with Gasteiger partial charge < -0.3 is 10.3 Å². The highest BCUT2D eigenvalue weighted by Crippen LogP contribution is 2.35. The predicted octanol–water partition coefficient (Wildman–Crippen LogP) is 3.32. The smallest absolute Gasteiger partial charge is 0.212 e. The van der Waals surface area contributed by atoms with Crippen LogP contribution in [0.2, 0.25) is 0 Å². The minimum absolute atomic E-state index is 0.202. The summed E-state index contributed by atoms with van der Waals surface area (Å²) < 4.78 is 4.46. The summed E-state index contributed by atoms with van der Waals surface area (Å²) in [5, 5.41) is 3.09. The largest absolute Gasteiger partial charge is 0.370 e. The number of nitrogens with two attached hydrogens (primary N) is 1. The van der Waals surface area contributed by atoms with E-state index in [1.54, 1.807) is 0 Å². The van der Waals surface area contributed by atoms with Gasteiger partial charge in [0, 0.05) is 23.0 Å². The Labute approximate surface area is 141 Å². The molecule has 6 nitrogen and oxygen atoms in total. The van der Waals surface area contributed by atoms with Crippen LogP contribution in [-0.4, -0.2) is 20.1 Å². The van der Waals surface area contributed by atoms with Gasteiger partial charge in [0.25, 0.3) is 0 Å². The maximum absolute atomic E-state index is 6.03. The van der Waals surface area contributed by atoms with Crippen LogP contribution in [0.4, 0.5) is 5.95 Å². The molecule has 0 radical (unpaired) electrons. The van der Waals surface area contributed by atoms with Crippen LogP contribution in [0.1, 0.15) is 43.0 Å². The zero-order valence-corrected chi connectivity index (χ0v) is 14.4. The highest BCUT2D eigenvalue weighted by Gasteiger charge is 2.28. The molecule has 0 amide bonds. The van der Waals surface area contributed by atoms with Crippen LogP contribution >= 0.6 is 0 Å². The average Bonchev–Trinajstić information content (AvgIpc) is 3.03. The van der Waals surface area contributed by atoms with Gasteiger partial charge in [0.05, 0.1) is 11.0 Å². The third-order valence-corrected chi connectivity index (χ3v) is 4.66. The number of benzene rings is 1. The number of fused-ring (bicyclic) bond motifs is 3. The molecule has 4 rings (SSSR count). The second kappa shape index (κ2) is 5.12. The van der Waals surface area contributed by atoms with Crippen molar-refractivity contribution in [3.63, 3.8) is 0 Å². The standard InChI is InChI=1S/C18H22N6/c1-10(2)23-11(3)9-13(12(23)4)16-21-17(19)22-18-20-14-7-5-6-8-15(14)24(16)18/h5-10,16H,1-4H3,(H3,19,20,21,22). The number of nitrogens with zero attached hydrogens (tertiary/aromatic N) is 4. The minimum Gasteiger partial charge on any atom is -0.370 e. The highest BCUT2D eigenvalue weighted by atomic mass is 15.4. The van der Waals surface area contributed by atoms with E-state index in [2.05, 4.69) is 64.3 Å². The van der Waals surface area contributed by atoms with E-state index < -0.39 is 0 Å². The number of hydrogen-bond acceptors (Lipinski definition) is 4. The fourth-order valence-electron chi connectivity index (χ4n) is 3.78. The summed E-state index contributed by atoms with van der Waals surface area (Å²) >= 11 is 0. The Hall–Kier alpha value is -2.76. The lowest BCUT2D eigenvalue weighted by Gasteiger charge is -2.24. The second-order valence-corrected chi connectivity index (χ2v) is 6.60. The van der Waals surface area contributed by atoms with Gasteiger partial charge in [0.2, 0.25) is 5.95 Å². The quantitative estimate of drug-likeness (QED) is 0.760. The lowest BCUT2D eigenvalue weighted by Crippen LogP contribution is -2.31. The van der Waals surface area contributed by atoms with Crippen molar-refractivity contribution in [3.05, 3.63) is 47.3 Å². The first-order chi connectivity index (χ1) is 11.5. The van der Waals surface area contributed by atoms with Gasteiger partial charge in [-0.25, -0.2) is 9.98 Å². The van der Waals surface area contributed by atoms with Gasteiger partial charge in [0.1, 0.15) is 0 Å². The van der Waals surface area contributed by atoms with Gasteiger partial charge in [-0.05, 0) is 45.9 Å². The molecule has 0 saturated carbocycles. The van der Waals surface area contributed by atoms with Crippen LogP contribution in [0.5, 0.6) is 0 Å². The minimum atomic E-state index is -0.202. The topological polar surface area (TPSA) is 73.2 Å². The fourth-order valence-corrected chi connectivity index (χ4v) is 3.78. The first kappa shape index (κ1) is 14.8. The van der Waals surface area contributed by atoms with Gasteiger partial charge in [-0.2, -0.15) is 0 Å². The van der Waals surface area contributed by atoms with Crippen LogP contribution in [0.15, 0.2) is 35.3 Å². The maximum atomic E-state index is 6.03.